The number of nitrogens with zero attached hydrogens (tertiary/aromatic N) is 4. The molecule has 9 rings (SSSR count). The Balaban J connectivity index is 0.993. The molecule has 2 aromatic carbocycles. The highest BCUT2D eigenvalue weighted by molar-refractivity contribution is 6.27. The number of likely N-dealkylation sites (tertiary alicyclic amines) is 1. The molecular formula is C31H31N5O5. The van der Waals surface area contributed by atoms with Crippen molar-refractivity contribution in [1.82, 2.24) is 20.0 Å². The average Bonchev–Trinajstić information content (AvgIpc) is 3.75. The van der Waals surface area contributed by atoms with Gasteiger partial charge in [0.05, 0.1) is 36.1 Å². The Hall–Kier alpha value is -4.05. The Kier molecular flexibility index (Phi) is 5.41. The molecule has 1 atom stereocenters. The predicted octanol–water partition coefficient (Wildman–Crippen LogP) is 2.74. The molecule has 1 saturated carbocycles. The molecule has 2 bridgehead atoms. The molecule has 3 aromatic rings. The van der Waals surface area contributed by atoms with Crippen LogP contribution in [0.2, 0.25) is 0 Å². The SMILES string of the molecule is O=C1CCC(N2C(=O)c3cccc4c(Cc5cnn(C6CCN(C(=O)C78COC(C7)C8)CC6)c5)ccc2c34)C(=O)N1. The van der Waals surface area contributed by atoms with E-state index in [1.54, 1.807) is 4.90 Å². The predicted molar refractivity (Wildman–Crippen MR) is 148 cm³/mol. The molecule has 5 aliphatic heterocycles. The van der Waals surface area contributed by atoms with Crippen LogP contribution >= 0.6 is 0 Å². The van der Waals surface area contributed by atoms with Crippen molar-refractivity contribution >= 4 is 40.1 Å². The van der Waals surface area contributed by atoms with Crippen LogP contribution in [0.25, 0.3) is 10.8 Å². The second-order valence-electron chi connectivity index (χ2n) is 12.3. The molecule has 10 heteroatoms. The maximum Gasteiger partial charge on any atom is 0.259 e. The molecule has 210 valence electrons. The molecule has 0 spiro atoms. The lowest BCUT2D eigenvalue weighted by Crippen LogP contribution is -2.53. The van der Waals surface area contributed by atoms with E-state index in [-0.39, 0.29) is 35.6 Å². The van der Waals surface area contributed by atoms with Gasteiger partial charge in [0, 0.05) is 43.1 Å². The zero-order chi connectivity index (χ0) is 27.9. The monoisotopic (exact) mass is 553 g/mol. The van der Waals surface area contributed by atoms with E-state index in [2.05, 4.69) is 11.5 Å². The van der Waals surface area contributed by atoms with E-state index in [9.17, 15) is 19.2 Å². The van der Waals surface area contributed by atoms with Crippen LogP contribution in [0.15, 0.2) is 42.7 Å². The topological polar surface area (TPSA) is 114 Å². The fourth-order valence-electron chi connectivity index (χ4n) is 7.58. The first-order valence-corrected chi connectivity index (χ1v) is 14.6. The maximum atomic E-state index is 13.4. The van der Waals surface area contributed by atoms with Crippen LogP contribution in [-0.4, -0.2) is 70.2 Å². The number of carbonyl (C=O) groups is 4. The van der Waals surface area contributed by atoms with E-state index >= 15 is 0 Å². The Morgan fingerprint density at radius 2 is 1.90 bits per heavy atom. The number of hydrogen-bond acceptors (Lipinski definition) is 6. The summed E-state index contributed by atoms with van der Waals surface area (Å²) < 4.78 is 7.71. The van der Waals surface area contributed by atoms with E-state index < -0.39 is 11.9 Å². The molecule has 1 N–H and O–H groups in total. The van der Waals surface area contributed by atoms with Crippen molar-refractivity contribution in [3.63, 3.8) is 0 Å². The Labute approximate surface area is 236 Å². The van der Waals surface area contributed by atoms with Crippen molar-refractivity contribution in [2.45, 2.75) is 63.1 Å². The van der Waals surface area contributed by atoms with Gasteiger partial charge in [0.1, 0.15) is 6.04 Å². The minimum atomic E-state index is -0.696. The number of hydrogen-bond donors (Lipinski definition) is 1. The number of nitrogens with one attached hydrogen (secondary N) is 1. The van der Waals surface area contributed by atoms with E-state index in [1.165, 1.54) is 0 Å². The van der Waals surface area contributed by atoms with Gasteiger partial charge in [-0.2, -0.15) is 5.10 Å². The minimum absolute atomic E-state index is 0.202. The Morgan fingerprint density at radius 1 is 1.07 bits per heavy atom. The lowest BCUT2D eigenvalue weighted by atomic mass is 9.69. The molecule has 4 saturated heterocycles. The first-order chi connectivity index (χ1) is 19.9. The van der Waals surface area contributed by atoms with Crippen molar-refractivity contribution in [3.8, 4) is 0 Å². The quantitative estimate of drug-likeness (QED) is 0.486. The second kappa shape index (κ2) is 8.97. The van der Waals surface area contributed by atoms with Crippen molar-refractivity contribution in [2.24, 2.45) is 5.41 Å². The highest BCUT2D eigenvalue weighted by Gasteiger charge is 2.58. The summed E-state index contributed by atoms with van der Waals surface area (Å²) in [6, 6.07) is 9.22. The number of amides is 4. The van der Waals surface area contributed by atoms with Crippen LogP contribution in [0, 0.1) is 5.41 Å². The lowest BCUT2D eigenvalue weighted by molar-refractivity contribution is -0.145. The largest absolute Gasteiger partial charge is 0.377 e. The third-order valence-electron chi connectivity index (χ3n) is 9.80. The smallest absolute Gasteiger partial charge is 0.259 e. The van der Waals surface area contributed by atoms with E-state index in [0.717, 1.165) is 66.4 Å². The van der Waals surface area contributed by atoms with Crippen molar-refractivity contribution < 1.29 is 23.9 Å². The van der Waals surface area contributed by atoms with E-state index in [4.69, 9.17) is 9.84 Å². The molecule has 6 aliphatic rings. The van der Waals surface area contributed by atoms with Gasteiger partial charge in [-0.15, -0.1) is 0 Å². The Bertz CT molecular complexity index is 1630. The summed E-state index contributed by atoms with van der Waals surface area (Å²) in [4.78, 5) is 54.4. The van der Waals surface area contributed by atoms with Gasteiger partial charge < -0.3 is 9.64 Å². The van der Waals surface area contributed by atoms with Gasteiger partial charge in [-0.3, -0.25) is 34.1 Å². The highest BCUT2D eigenvalue weighted by Crippen LogP contribution is 2.51. The lowest BCUT2D eigenvalue weighted by Gasteiger charge is -2.41. The van der Waals surface area contributed by atoms with Gasteiger partial charge in [0.2, 0.25) is 17.7 Å². The van der Waals surface area contributed by atoms with Crippen molar-refractivity contribution in [3.05, 3.63) is 59.4 Å². The third kappa shape index (κ3) is 3.76. The van der Waals surface area contributed by atoms with Crippen LogP contribution in [0.3, 0.4) is 0 Å². The van der Waals surface area contributed by atoms with Gasteiger partial charge in [-0.05, 0) is 60.7 Å². The number of aromatic nitrogens is 2. The fraction of sp³-hybridized carbons (Fsp3) is 0.452. The second-order valence-corrected chi connectivity index (χ2v) is 12.3. The number of rotatable bonds is 5. The number of piperidine rings is 2. The highest BCUT2D eigenvalue weighted by atomic mass is 16.5. The van der Waals surface area contributed by atoms with Crippen molar-refractivity contribution in [2.75, 3.05) is 24.6 Å². The van der Waals surface area contributed by atoms with Crippen LogP contribution in [0.1, 0.15) is 66.1 Å². The molecule has 1 aliphatic carbocycles. The molecule has 1 unspecified atom stereocenters. The van der Waals surface area contributed by atoms with Gasteiger partial charge >= 0.3 is 0 Å². The van der Waals surface area contributed by atoms with Gasteiger partial charge in [0.25, 0.3) is 5.91 Å². The first-order valence-electron chi connectivity index (χ1n) is 14.6. The normalized spacial score (nSPS) is 27.5. The van der Waals surface area contributed by atoms with Gasteiger partial charge in [0.15, 0.2) is 0 Å². The number of imide groups is 1. The molecule has 41 heavy (non-hydrogen) atoms. The Morgan fingerprint density at radius 3 is 2.66 bits per heavy atom. The molecule has 10 nitrogen and oxygen atoms in total. The molecule has 0 radical (unpaired) electrons. The van der Waals surface area contributed by atoms with Crippen LogP contribution in [0.5, 0.6) is 0 Å². The summed E-state index contributed by atoms with van der Waals surface area (Å²) in [6.07, 6.45) is 9.03. The molecule has 4 amide bonds. The molecular weight excluding hydrogens is 522 g/mol. The summed E-state index contributed by atoms with van der Waals surface area (Å²) in [5, 5.41) is 8.91. The van der Waals surface area contributed by atoms with E-state index in [1.807, 2.05) is 46.1 Å². The number of benzene rings is 2. The minimum Gasteiger partial charge on any atom is -0.377 e. The average molecular weight is 554 g/mol. The van der Waals surface area contributed by atoms with E-state index in [0.29, 0.717) is 31.1 Å². The number of fused-ring (bicyclic) bond motifs is 1. The van der Waals surface area contributed by atoms with Gasteiger partial charge in [-0.25, -0.2) is 0 Å². The fourth-order valence-corrected chi connectivity index (χ4v) is 7.58. The zero-order valence-electron chi connectivity index (χ0n) is 22.7. The number of ether oxygens (including phenoxy) is 1. The standard InChI is InChI=1S/C31H31N5O5/c37-26-7-6-25(28(38)33-26)36-24-5-4-19(22-2-1-3-23(27(22)24)29(36)39)12-18-15-32-35(16-18)20-8-10-34(11-9-20)30(40)31-13-21(14-31)41-17-31/h1-5,15-16,20-21,25H,6-14,17H2,(H,33,37,38). The number of anilines is 1. The van der Waals surface area contributed by atoms with Gasteiger partial charge in [-0.1, -0.05) is 18.2 Å². The summed E-state index contributed by atoms with van der Waals surface area (Å²) in [7, 11) is 0. The molecule has 5 fully saturated rings. The first kappa shape index (κ1) is 24.7. The summed E-state index contributed by atoms with van der Waals surface area (Å²) in [5.74, 6) is -0.656. The van der Waals surface area contributed by atoms with Crippen molar-refractivity contribution in [1.29, 1.82) is 0 Å². The third-order valence-corrected chi connectivity index (χ3v) is 9.80. The summed E-state index contributed by atoms with van der Waals surface area (Å²) >= 11 is 0. The summed E-state index contributed by atoms with van der Waals surface area (Å²) in [6.45, 7) is 2.08. The number of carbonyl (C=O) groups excluding carboxylic acids is 4. The molecule has 1 aromatic heterocycles. The molecule has 6 heterocycles. The maximum absolute atomic E-state index is 13.4. The van der Waals surface area contributed by atoms with Crippen LogP contribution in [-0.2, 0) is 25.5 Å². The van der Waals surface area contributed by atoms with Crippen LogP contribution < -0.4 is 10.2 Å². The summed E-state index contributed by atoms with van der Waals surface area (Å²) in [5.41, 5.74) is 3.22. The van der Waals surface area contributed by atoms with Crippen LogP contribution in [0.4, 0.5) is 5.69 Å². The zero-order valence-corrected chi connectivity index (χ0v) is 22.7.